The molecule has 2 aromatic heterocycles. The molecule has 2 heterocycles. The van der Waals surface area contributed by atoms with E-state index in [2.05, 4.69) is 46.8 Å². The Labute approximate surface area is 142 Å². The van der Waals surface area contributed by atoms with Crippen molar-refractivity contribution in [2.45, 2.75) is 5.88 Å². The van der Waals surface area contributed by atoms with Crippen LogP contribution in [0.2, 0.25) is 0 Å². The van der Waals surface area contributed by atoms with Crippen LogP contribution >= 0.6 is 43.5 Å². The molecule has 0 amide bonds. The predicted octanol–water partition coefficient (Wildman–Crippen LogP) is 4.09. The summed E-state index contributed by atoms with van der Waals surface area (Å²) < 4.78 is 8.99. The minimum absolute atomic E-state index is 0.248. The molecule has 0 radical (unpaired) electrons. The quantitative estimate of drug-likeness (QED) is 0.585. The predicted molar refractivity (Wildman–Crippen MR) is 88.2 cm³/mol. The summed E-state index contributed by atoms with van der Waals surface area (Å²) in [6.07, 6.45) is 1.45. The molecule has 0 aliphatic rings. The minimum Gasteiger partial charge on any atom is -0.479 e. The number of alkyl halides is 1. The summed E-state index contributed by atoms with van der Waals surface area (Å²) in [6, 6.07) is 5.86. The Balaban J connectivity index is 2.38. The molecule has 3 rings (SSSR count). The highest BCUT2D eigenvalue weighted by molar-refractivity contribution is 9.11. The standard InChI is InChI=1S/C13H9Br2ClN4O/c1-21-13-11-12(17-6-18-13)20(10(5-16)19-11)9-4-7(14)2-3-8(9)15/h2-4,6H,5H2,1H3. The monoisotopic (exact) mass is 430 g/mol. The Bertz CT molecular complexity index is 821. The highest BCUT2D eigenvalue weighted by Gasteiger charge is 2.18. The molecule has 8 heteroatoms. The van der Waals surface area contributed by atoms with Crippen molar-refractivity contribution < 1.29 is 4.74 Å². The van der Waals surface area contributed by atoms with Crippen molar-refractivity contribution in [3.8, 4) is 11.6 Å². The first-order valence-electron chi connectivity index (χ1n) is 5.93. The Morgan fingerprint density at radius 3 is 2.81 bits per heavy atom. The van der Waals surface area contributed by atoms with Gasteiger partial charge in [-0.2, -0.15) is 4.98 Å². The lowest BCUT2D eigenvalue weighted by Gasteiger charge is -2.10. The second kappa shape index (κ2) is 5.90. The van der Waals surface area contributed by atoms with Gasteiger partial charge >= 0.3 is 0 Å². The summed E-state index contributed by atoms with van der Waals surface area (Å²) in [6.45, 7) is 0. The van der Waals surface area contributed by atoms with E-state index in [-0.39, 0.29) is 5.88 Å². The number of ether oxygens (including phenoxy) is 1. The van der Waals surface area contributed by atoms with Gasteiger partial charge in [-0.1, -0.05) is 15.9 Å². The van der Waals surface area contributed by atoms with E-state index in [9.17, 15) is 0 Å². The molecular weight excluding hydrogens is 423 g/mol. The van der Waals surface area contributed by atoms with Gasteiger partial charge in [-0.3, -0.25) is 4.57 Å². The van der Waals surface area contributed by atoms with Crippen LogP contribution in [0.15, 0.2) is 33.5 Å². The van der Waals surface area contributed by atoms with Crippen LogP contribution in [0.4, 0.5) is 0 Å². The number of benzene rings is 1. The van der Waals surface area contributed by atoms with Crippen molar-refractivity contribution >= 4 is 54.6 Å². The summed E-state index contributed by atoms with van der Waals surface area (Å²) in [5.74, 6) is 1.35. The van der Waals surface area contributed by atoms with Gasteiger partial charge in [-0.15, -0.1) is 11.6 Å². The number of methoxy groups -OCH3 is 1. The molecular formula is C13H9Br2ClN4O. The number of nitrogens with zero attached hydrogens (tertiary/aromatic N) is 4. The van der Waals surface area contributed by atoms with Gasteiger partial charge in [0.2, 0.25) is 5.88 Å². The van der Waals surface area contributed by atoms with E-state index in [0.717, 1.165) is 14.6 Å². The van der Waals surface area contributed by atoms with Crippen molar-refractivity contribution in [2.75, 3.05) is 7.11 Å². The Kier molecular flexibility index (Phi) is 4.14. The second-order valence-electron chi connectivity index (χ2n) is 4.15. The third-order valence-electron chi connectivity index (χ3n) is 2.94. The van der Waals surface area contributed by atoms with E-state index >= 15 is 0 Å². The highest BCUT2D eigenvalue weighted by atomic mass is 79.9. The lowest BCUT2D eigenvalue weighted by Crippen LogP contribution is -2.01. The first-order valence-corrected chi connectivity index (χ1v) is 8.05. The normalized spacial score (nSPS) is 11.0. The molecule has 0 atom stereocenters. The molecule has 0 saturated carbocycles. The summed E-state index contributed by atoms with van der Waals surface area (Å²) in [7, 11) is 1.55. The number of imidazole rings is 1. The number of halogens is 3. The van der Waals surface area contributed by atoms with Crippen LogP contribution in [-0.4, -0.2) is 26.6 Å². The second-order valence-corrected chi connectivity index (χ2v) is 6.19. The van der Waals surface area contributed by atoms with E-state index < -0.39 is 0 Å². The van der Waals surface area contributed by atoms with Crippen molar-refractivity contribution in [3.63, 3.8) is 0 Å². The van der Waals surface area contributed by atoms with Gasteiger partial charge < -0.3 is 4.74 Å². The Morgan fingerprint density at radius 1 is 1.29 bits per heavy atom. The average molecular weight is 433 g/mol. The molecule has 1 aromatic carbocycles. The van der Waals surface area contributed by atoms with E-state index in [1.807, 2.05) is 22.8 Å². The summed E-state index contributed by atoms with van der Waals surface area (Å²) in [5, 5.41) is 0. The molecule has 5 nitrogen and oxygen atoms in total. The molecule has 0 aliphatic carbocycles. The molecule has 21 heavy (non-hydrogen) atoms. The fourth-order valence-electron chi connectivity index (χ4n) is 2.07. The number of hydrogen-bond acceptors (Lipinski definition) is 4. The zero-order chi connectivity index (χ0) is 15.0. The van der Waals surface area contributed by atoms with Crippen molar-refractivity contribution in [1.29, 1.82) is 0 Å². The zero-order valence-corrected chi connectivity index (χ0v) is 14.8. The molecule has 108 valence electrons. The molecule has 0 saturated heterocycles. The fourth-order valence-corrected chi connectivity index (χ4v) is 3.02. The molecule has 0 spiro atoms. The third kappa shape index (κ3) is 2.54. The highest BCUT2D eigenvalue weighted by Crippen LogP contribution is 2.31. The number of rotatable bonds is 3. The van der Waals surface area contributed by atoms with Crippen molar-refractivity contribution in [3.05, 3.63) is 39.3 Å². The number of fused-ring (bicyclic) bond motifs is 1. The van der Waals surface area contributed by atoms with Gasteiger partial charge in [0.25, 0.3) is 0 Å². The molecule has 0 fully saturated rings. The first-order chi connectivity index (χ1) is 10.2. The van der Waals surface area contributed by atoms with Gasteiger partial charge in [-0.25, -0.2) is 9.97 Å². The lowest BCUT2D eigenvalue weighted by atomic mass is 10.3. The maximum absolute atomic E-state index is 6.04. The zero-order valence-electron chi connectivity index (χ0n) is 10.8. The van der Waals surface area contributed by atoms with E-state index in [0.29, 0.717) is 22.9 Å². The maximum atomic E-state index is 6.04. The van der Waals surface area contributed by atoms with Gasteiger partial charge in [-0.05, 0) is 34.1 Å². The van der Waals surface area contributed by atoms with Crippen LogP contribution in [0.1, 0.15) is 5.82 Å². The van der Waals surface area contributed by atoms with Crippen molar-refractivity contribution in [2.24, 2.45) is 0 Å². The van der Waals surface area contributed by atoms with Gasteiger partial charge in [0, 0.05) is 8.95 Å². The Morgan fingerprint density at radius 2 is 2.10 bits per heavy atom. The summed E-state index contributed by atoms with van der Waals surface area (Å²) in [5.41, 5.74) is 2.13. The van der Waals surface area contributed by atoms with Crippen molar-refractivity contribution in [1.82, 2.24) is 19.5 Å². The van der Waals surface area contributed by atoms with E-state index in [1.165, 1.54) is 6.33 Å². The van der Waals surface area contributed by atoms with Gasteiger partial charge in [0.15, 0.2) is 11.2 Å². The van der Waals surface area contributed by atoms with E-state index in [4.69, 9.17) is 16.3 Å². The van der Waals surface area contributed by atoms with Gasteiger partial charge in [0.05, 0.1) is 18.7 Å². The average Bonchev–Trinajstić information content (AvgIpc) is 2.88. The third-order valence-corrected chi connectivity index (χ3v) is 4.34. The van der Waals surface area contributed by atoms with Crippen LogP contribution < -0.4 is 4.74 Å². The van der Waals surface area contributed by atoms with Crippen LogP contribution in [0, 0.1) is 0 Å². The Hall–Kier alpha value is -1.18. The summed E-state index contributed by atoms with van der Waals surface area (Å²) >= 11 is 13.1. The van der Waals surface area contributed by atoms with Crippen LogP contribution in [0.25, 0.3) is 16.9 Å². The minimum atomic E-state index is 0.248. The largest absolute Gasteiger partial charge is 0.479 e. The van der Waals surface area contributed by atoms with E-state index in [1.54, 1.807) is 7.11 Å². The summed E-state index contributed by atoms with van der Waals surface area (Å²) in [4.78, 5) is 12.9. The van der Waals surface area contributed by atoms with Crippen LogP contribution in [-0.2, 0) is 5.88 Å². The van der Waals surface area contributed by atoms with Gasteiger partial charge in [0.1, 0.15) is 12.2 Å². The smallest absolute Gasteiger partial charge is 0.245 e. The van der Waals surface area contributed by atoms with Crippen LogP contribution in [0.3, 0.4) is 0 Å². The molecule has 0 N–H and O–H groups in total. The van der Waals surface area contributed by atoms with Crippen LogP contribution in [0.5, 0.6) is 5.88 Å². The molecule has 0 bridgehead atoms. The number of hydrogen-bond donors (Lipinski definition) is 0. The maximum Gasteiger partial charge on any atom is 0.245 e. The lowest BCUT2D eigenvalue weighted by molar-refractivity contribution is 0.401. The topological polar surface area (TPSA) is 52.8 Å². The number of aromatic nitrogens is 4. The fraction of sp³-hybridized carbons (Fsp3) is 0.154. The first kappa shape index (κ1) is 14.7. The molecule has 3 aromatic rings. The molecule has 0 unspecified atom stereocenters. The SMILES string of the molecule is COc1ncnc2c1nc(CCl)n2-c1cc(Br)ccc1Br. The molecule has 0 aliphatic heterocycles.